The van der Waals surface area contributed by atoms with Crippen molar-refractivity contribution in [2.45, 2.75) is 37.9 Å². The van der Waals surface area contributed by atoms with Crippen molar-refractivity contribution in [3.8, 4) is 6.07 Å². The van der Waals surface area contributed by atoms with Gasteiger partial charge in [-0.15, -0.1) is 5.10 Å². The molecule has 23 heavy (non-hydrogen) atoms. The lowest BCUT2D eigenvalue weighted by atomic mass is 10.0. The van der Waals surface area contributed by atoms with Gasteiger partial charge in [0, 0.05) is 12.3 Å². The molecule has 2 atom stereocenters. The Balaban J connectivity index is 0.000000267. The predicted molar refractivity (Wildman–Crippen MR) is 76.4 cm³/mol. The molecule has 1 aromatic heterocycles. The molecule has 2 heterocycles. The number of rotatable bonds is 2. The highest BCUT2D eigenvalue weighted by molar-refractivity contribution is 5.23. The molecule has 2 unspecified atom stereocenters. The Labute approximate surface area is 131 Å². The second kappa shape index (κ2) is 6.41. The van der Waals surface area contributed by atoms with Crippen LogP contribution in [0, 0.1) is 17.2 Å². The largest absolute Gasteiger partial charge is 0.299 e. The normalized spacial score (nSPS) is 22.2. The number of halogens is 3. The van der Waals surface area contributed by atoms with Gasteiger partial charge in [-0.05, 0) is 18.4 Å². The number of aromatic nitrogens is 3. The highest BCUT2D eigenvalue weighted by Crippen LogP contribution is 2.39. The Morgan fingerprint density at radius 2 is 1.91 bits per heavy atom. The highest BCUT2D eigenvalue weighted by atomic mass is 19.3. The molecule has 0 N–H and O–H groups in total. The van der Waals surface area contributed by atoms with E-state index in [1.54, 1.807) is 0 Å². The van der Waals surface area contributed by atoms with Crippen molar-refractivity contribution in [1.82, 2.24) is 14.8 Å². The van der Waals surface area contributed by atoms with E-state index < -0.39 is 18.4 Å². The molecule has 1 aliphatic carbocycles. The Morgan fingerprint density at radius 1 is 1.22 bits per heavy atom. The average molecular weight is 320 g/mol. The predicted octanol–water partition coefficient (Wildman–Crippen LogP) is 4.14. The minimum Gasteiger partial charge on any atom is -0.239 e. The summed E-state index contributed by atoms with van der Waals surface area (Å²) in [6.07, 6.45) is -1.61. The molecule has 0 spiro atoms. The SMILES string of the molecule is FC(F)c1nc2n(n1)C(c1ccccc1)CC2F.N#CC1CC1. The molecule has 120 valence electrons. The van der Waals surface area contributed by atoms with E-state index in [1.165, 1.54) is 4.68 Å². The molecule has 0 radical (unpaired) electrons. The lowest BCUT2D eigenvalue weighted by Crippen LogP contribution is -2.07. The minimum atomic E-state index is -2.77. The third-order valence-corrected chi connectivity index (χ3v) is 3.82. The van der Waals surface area contributed by atoms with Crippen LogP contribution >= 0.6 is 0 Å². The smallest absolute Gasteiger partial charge is 0.239 e. The lowest BCUT2D eigenvalue weighted by molar-refractivity contribution is 0.139. The molecular weight excluding hydrogens is 305 g/mol. The molecule has 1 aliphatic heterocycles. The van der Waals surface area contributed by atoms with E-state index in [-0.39, 0.29) is 18.3 Å². The van der Waals surface area contributed by atoms with Crippen LogP contribution in [-0.2, 0) is 0 Å². The number of nitriles is 1. The third-order valence-electron chi connectivity index (χ3n) is 3.82. The first-order chi connectivity index (χ1) is 11.1. The van der Waals surface area contributed by atoms with Crippen molar-refractivity contribution in [2.24, 2.45) is 5.92 Å². The van der Waals surface area contributed by atoms with Gasteiger partial charge in [-0.25, -0.2) is 22.8 Å². The van der Waals surface area contributed by atoms with Gasteiger partial charge in [0.15, 0.2) is 12.0 Å². The molecule has 1 fully saturated rings. The van der Waals surface area contributed by atoms with Crippen molar-refractivity contribution in [2.75, 3.05) is 0 Å². The van der Waals surface area contributed by atoms with Gasteiger partial charge < -0.3 is 0 Å². The second-order valence-corrected chi connectivity index (χ2v) is 5.61. The van der Waals surface area contributed by atoms with Crippen LogP contribution in [0.15, 0.2) is 30.3 Å². The van der Waals surface area contributed by atoms with Crippen LogP contribution in [0.4, 0.5) is 13.2 Å². The maximum absolute atomic E-state index is 13.8. The van der Waals surface area contributed by atoms with Gasteiger partial charge in [0.2, 0.25) is 5.82 Å². The lowest BCUT2D eigenvalue weighted by Gasteiger charge is -2.11. The molecule has 1 saturated carbocycles. The average Bonchev–Trinajstić information content (AvgIpc) is 3.22. The van der Waals surface area contributed by atoms with Gasteiger partial charge in [-0.1, -0.05) is 30.3 Å². The third kappa shape index (κ3) is 3.36. The van der Waals surface area contributed by atoms with E-state index in [4.69, 9.17) is 5.26 Å². The van der Waals surface area contributed by atoms with E-state index in [0.717, 1.165) is 18.4 Å². The summed E-state index contributed by atoms with van der Waals surface area (Å²) in [7, 11) is 0. The first-order valence-corrected chi connectivity index (χ1v) is 7.43. The molecule has 2 aromatic rings. The summed E-state index contributed by atoms with van der Waals surface area (Å²) in [4.78, 5) is 3.57. The Kier molecular flexibility index (Phi) is 4.33. The molecule has 0 amide bonds. The van der Waals surface area contributed by atoms with Gasteiger partial charge in [-0.3, -0.25) is 0 Å². The minimum absolute atomic E-state index is 0.000784. The van der Waals surface area contributed by atoms with Crippen LogP contribution in [0.5, 0.6) is 0 Å². The quantitative estimate of drug-likeness (QED) is 0.835. The maximum Gasteiger partial charge on any atom is 0.299 e. The number of hydrogen-bond acceptors (Lipinski definition) is 3. The van der Waals surface area contributed by atoms with E-state index in [9.17, 15) is 13.2 Å². The van der Waals surface area contributed by atoms with Crippen LogP contribution in [0.1, 0.15) is 55.1 Å². The van der Waals surface area contributed by atoms with Crippen LogP contribution in [0.2, 0.25) is 0 Å². The molecule has 4 nitrogen and oxygen atoms in total. The van der Waals surface area contributed by atoms with Crippen molar-refractivity contribution in [3.63, 3.8) is 0 Å². The molecular formula is C16H15F3N4. The fourth-order valence-corrected chi connectivity index (χ4v) is 2.45. The number of fused-ring (bicyclic) bond motifs is 1. The summed E-state index contributed by atoms with van der Waals surface area (Å²) in [5.41, 5.74) is 0.851. The standard InChI is InChI=1S/C12H10F3N3.C4H5N/c13-8-6-9(7-4-2-1-3-5-7)18-12(8)16-11(17-18)10(14)15;5-3-4-1-2-4/h1-5,8-10H,6H2;4H,1-2H2. The maximum atomic E-state index is 13.8. The van der Waals surface area contributed by atoms with Crippen LogP contribution in [-0.4, -0.2) is 14.8 Å². The van der Waals surface area contributed by atoms with Gasteiger partial charge in [0.1, 0.15) is 0 Å². The summed E-state index contributed by atoms with van der Waals surface area (Å²) >= 11 is 0. The fraction of sp³-hybridized carbons (Fsp3) is 0.438. The summed E-state index contributed by atoms with van der Waals surface area (Å²) in [6, 6.07) is 10.9. The monoisotopic (exact) mass is 320 g/mol. The summed E-state index contributed by atoms with van der Waals surface area (Å²) in [5, 5.41) is 11.7. The molecule has 0 saturated heterocycles. The summed E-state index contributed by atoms with van der Waals surface area (Å²) in [6.45, 7) is 0. The van der Waals surface area contributed by atoms with Crippen LogP contribution < -0.4 is 0 Å². The van der Waals surface area contributed by atoms with Gasteiger partial charge in [0.05, 0.1) is 12.1 Å². The Morgan fingerprint density at radius 3 is 2.43 bits per heavy atom. The number of alkyl halides is 3. The first-order valence-electron chi connectivity index (χ1n) is 7.43. The van der Waals surface area contributed by atoms with Gasteiger partial charge in [-0.2, -0.15) is 5.26 Å². The zero-order valence-corrected chi connectivity index (χ0v) is 12.2. The van der Waals surface area contributed by atoms with E-state index in [0.29, 0.717) is 5.92 Å². The number of hydrogen-bond donors (Lipinski definition) is 0. The molecule has 4 rings (SSSR count). The molecule has 1 aromatic carbocycles. The second-order valence-electron chi connectivity index (χ2n) is 5.61. The Hall–Kier alpha value is -2.36. The molecule has 0 bridgehead atoms. The first kappa shape index (κ1) is 15.5. The van der Waals surface area contributed by atoms with E-state index >= 15 is 0 Å². The van der Waals surface area contributed by atoms with E-state index in [2.05, 4.69) is 16.2 Å². The molecule has 7 heteroatoms. The van der Waals surface area contributed by atoms with Crippen molar-refractivity contribution in [1.29, 1.82) is 5.26 Å². The Bertz CT molecular complexity index is 704. The van der Waals surface area contributed by atoms with Crippen LogP contribution in [0.25, 0.3) is 0 Å². The topological polar surface area (TPSA) is 54.5 Å². The van der Waals surface area contributed by atoms with Gasteiger partial charge >= 0.3 is 0 Å². The highest BCUT2D eigenvalue weighted by Gasteiger charge is 2.36. The zero-order valence-electron chi connectivity index (χ0n) is 12.2. The van der Waals surface area contributed by atoms with Crippen LogP contribution in [0.3, 0.4) is 0 Å². The van der Waals surface area contributed by atoms with Crippen molar-refractivity contribution >= 4 is 0 Å². The van der Waals surface area contributed by atoms with Gasteiger partial charge in [0.25, 0.3) is 6.43 Å². The van der Waals surface area contributed by atoms with Crippen molar-refractivity contribution < 1.29 is 13.2 Å². The number of benzene rings is 1. The van der Waals surface area contributed by atoms with E-state index in [1.807, 2.05) is 30.3 Å². The summed E-state index contributed by atoms with van der Waals surface area (Å²) < 4.78 is 40.1. The zero-order chi connectivity index (χ0) is 16.4. The van der Waals surface area contributed by atoms with Crippen molar-refractivity contribution in [3.05, 3.63) is 47.5 Å². The fourth-order valence-electron chi connectivity index (χ4n) is 2.45. The molecule has 2 aliphatic rings. The summed E-state index contributed by atoms with van der Waals surface area (Å²) in [5.74, 6) is -0.164. The number of nitrogens with zero attached hydrogens (tertiary/aromatic N) is 4.